The highest BCUT2D eigenvalue weighted by Gasteiger charge is 2.51. The summed E-state index contributed by atoms with van der Waals surface area (Å²) in [6, 6.07) is 17.2. The lowest BCUT2D eigenvalue weighted by Crippen LogP contribution is -2.57. The second kappa shape index (κ2) is 25.9. The van der Waals surface area contributed by atoms with Crippen LogP contribution in [0.2, 0.25) is 0 Å². The van der Waals surface area contributed by atoms with Crippen molar-refractivity contribution in [3.63, 3.8) is 0 Å². The number of hydrogen-bond acceptors (Lipinski definition) is 18. The maximum Gasteiger partial charge on any atom is 0.251 e. The number of aliphatic hydroxyl groups is 14. The molecule has 2 aliphatic heterocycles. The van der Waals surface area contributed by atoms with Gasteiger partial charge in [-0.3, -0.25) is 19.2 Å². The molecule has 0 aromatic heterocycles. The van der Waals surface area contributed by atoms with Crippen LogP contribution in [0.1, 0.15) is 72.4 Å². The van der Waals surface area contributed by atoms with Crippen LogP contribution in [0.4, 0.5) is 11.4 Å². The quantitative estimate of drug-likeness (QED) is 0.0265. The third-order valence-electron chi connectivity index (χ3n) is 15.5. The van der Waals surface area contributed by atoms with Crippen LogP contribution < -0.4 is 21.3 Å². The van der Waals surface area contributed by atoms with Gasteiger partial charge in [-0.15, -0.1) is 0 Å². The minimum Gasteiger partial charge on any atom is -0.395 e. The van der Waals surface area contributed by atoms with Gasteiger partial charge in [0.15, 0.2) is 24.5 Å². The van der Waals surface area contributed by atoms with E-state index in [4.69, 9.17) is 0 Å². The normalized spacial score (nSPS) is 15.0. The molecule has 2 aliphatic rings. The number of carbonyl (C=O) groups is 4. The first-order valence-electron chi connectivity index (χ1n) is 25.2. The molecule has 4 aromatic rings. The van der Waals surface area contributed by atoms with Crippen LogP contribution in [-0.4, -0.2) is 243 Å². The second-order valence-corrected chi connectivity index (χ2v) is 20.8. The van der Waals surface area contributed by atoms with Crippen molar-refractivity contribution in [2.75, 3.05) is 106 Å². The average Bonchev–Trinajstić information content (AvgIpc) is 3.92. The van der Waals surface area contributed by atoms with E-state index >= 15 is 0 Å². The molecule has 4 amide bonds. The third-order valence-corrected chi connectivity index (χ3v) is 15.5. The van der Waals surface area contributed by atoms with Crippen molar-refractivity contribution >= 4 is 68.0 Å². The summed E-state index contributed by atoms with van der Waals surface area (Å²) in [6.45, 7) is -0.186. The first-order valence-corrected chi connectivity index (χ1v) is 25.2. The van der Waals surface area contributed by atoms with E-state index in [9.17, 15) is 90.7 Å². The Morgan fingerprint density at radius 3 is 1.10 bits per heavy atom. The summed E-state index contributed by atoms with van der Waals surface area (Å²) in [4.78, 5) is 50.9. The van der Waals surface area contributed by atoms with Gasteiger partial charge in [0.1, 0.15) is 27.6 Å². The predicted molar refractivity (Wildman–Crippen MR) is 284 cm³/mol. The predicted octanol–water partition coefficient (Wildman–Crippen LogP) is -4.25. The number of nitrogens with one attached hydrogen (secondary N) is 4. The van der Waals surface area contributed by atoms with E-state index in [0.29, 0.717) is 39.8 Å². The van der Waals surface area contributed by atoms with E-state index < -0.39 is 144 Å². The molecule has 0 unspecified atom stereocenters. The minimum absolute atomic E-state index is 0.0636. The summed E-state index contributed by atoms with van der Waals surface area (Å²) < 4.78 is 3.84. The number of carbonyl (C=O) groups excluding carboxylic acids is 4. The molecule has 0 aliphatic carbocycles. The summed E-state index contributed by atoms with van der Waals surface area (Å²) in [5, 5.41) is 148. The van der Waals surface area contributed by atoms with Gasteiger partial charge in [0.2, 0.25) is 23.2 Å². The molecule has 428 valence electrons. The van der Waals surface area contributed by atoms with Crippen LogP contribution >= 0.6 is 0 Å². The number of benzene rings is 4. The lowest BCUT2D eigenvalue weighted by Gasteiger charge is -2.28. The Bertz CT molecular complexity index is 2850. The van der Waals surface area contributed by atoms with Gasteiger partial charge in [0.25, 0.3) is 11.8 Å². The van der Waals surface area contributed by atoms with Crippen LogP contribution in [0.25, 0.3) is 21.5 Å². The van der Waals surface area contributed by atoms with E-state index in [2.05, 4.69) is 35.1 Å². The molecule has 2 heterocycles. The van der Waals surface area contributed by atoms with E-state index in [-0.39, 0.29) is 30.4 Å². The van der Waals surface area contributed by atoms with Gasteiger partial charge in [-0.25, -0.2) is 0 Å². The summed E-state index contributed by atoms with van der Waals surface area (Å²) >= 11 is 0. The maximum absolute atomic E-state index is 12.8. The number of aliphatic hydroxyl groups excluding tert-OH is 14. The van der Waals surface area contributed by atoms with Crippen molar-refractivity contribution in [3.8, 4) is 0 Å². The molecule has 78 heavy (non-hydrogen) atoms. The number of rotatable bonds is 26. The molecule has 24 nitrogen and oxygen atoms in total. The van der Waals surface area contributed by atoms with Gasteiger partial charge < -0.3 is 92.8 Å². The van der Waals surface area contributed by atoms with Gasteiger partial charge in [-0.1, -0.05) is 12.1 Å². The Kier molecular flexibility index (Phi) is 20.9. The van der Waals surface area contributed by atoms with E-state index in [1.807, 2.05) is 29.7 Å². The standard InChI is InChI=1S/C27H37N3O10.C27H37N3O8/c1-17-27(15-37,16-38)23-20-4-2-19(24(40)29-26(12-34,13-35)14-36)8-18(20)3-5-21(23)30(17)7-6-22(39)28-25(9-31,10-32)11-33;1-17-25(2,3)23-20-6-4-19(24(38)29-27(14-34,15-35)16-36)10-18(20)5-7-21(23)30(17)9-8-22(37)28-26(11-31,12-32)13-33/h2-5,8,31-38H,6-7,9-16H2,1H3,(H-,28,29,39,40);4-7,10,31-36H,8-9,11-16H2,1-3H3,(H-,28,29,37,38)/p+2. The second-order valence-electron chi connectivity index (χ2n) is 20.8. The van der Waals surface area contributed by atoms with Crippen molar-refractivity contribution in [1.29, 1.82) is 0 Å². The van der Waals surface area contributed by atoms with Crippen LogP contribution in [0.3, 0.4) is 0 Å². The van der Waals surface area contributed by atoms with Gasteiger partial charge in [-0.2, -0.15) is 9.15 Å². The Hall–Kier alpha value is -5.94. The summed E-state index contributed by atoms with van der Waals surface area (Å²) in [5.74, 6) is -2.11. The molecule has 0 saturated heterocycles. The largest absolute Gasteiger partial charge is 0.395 e. The van der Waals surface area contributed by atoms with Gasteiger partial charge in [-0.05, 0) is 71.8 Å². The van der Waals surface area contributed by atoms with Crippen LogP contribution in [-0.2, 0) is 20.4 Å². The highest BCUT2D eigenvalue weighted by molar-refractivity contribution is 6.06. The van der Waals surface area contributed by atoms with Crippen molar-refractivity contribution in [3.05, 3.63) is 82.9 Å². The zero-order valence-corrected chi connectivity index (χ0v) is 44.3. The fourth-order valence-electron chi connectivity index (χ4n) is 9.70. The molecular formula is C54H76N6O18+2. The van der Waals surface area contributed by atoms with E-state index in [1.165, 1.54) is 6.07 Å². The molecule has 18 N–H and O–H groups in total. The molecular weight excluding hydrogens is 1020 g/mol. The number of amides is 4. The lowest BCUT2D eigenvalue weighted by atomic mass is 9.77. The summed E-state index contributed by atoms with van der Waals surface area (Å²) in [7, 11) is 0. The first-order chi connectivity index (χ1) is 37.0. The molecule has 4 aromatic carbocycles. The Labute approximate surface area is 449 Å². The van der Waals surface area contributed by atoms with Crippen LogP contribution in [0.5, 0.6) is 0 Å². The first kappa shape index (κ1) is 62.9. The SMILES string of the molecule is CC1=[N+](CCC(=O)NC(CO)(CO)CO)c2ccc3cc(C(=O)NC(CO)(CO)CO)ccc3c2C1(C)C.CC1=[N+](CCC(=O)NC(CO)(CO)CO)c2ccc3cc(C(=O)NC(CO)(CO)CO)ccc3c2C1(CO)CO. The Morgan fingerprint density at radius 1 is 0.436 bits per heavy atom. The van der Waals surface area contributed by atoms with Crippen LogP contribution in [0.15, 0.2) is 60.7 Å². The smallest absolute Gasteiger partial charge is 0.251 e. The topological polar surface area (TPSA) is 406 Å². The van der Waals surface area contributed by atoms with E-state index in [1.54, 1.807) is 47.9 Å². The van der Waals surface area contributed by atoms with Gasteiger partial charge in [0.05, 0.1) is 116 Å². The zero-order valence-electron chi connectivity index (χ0n) is 44.3. The number of nitrogens with zero attached hydrogens (tertiary/aromatic N) is 2. The third kappa shape index (κ3) is 12.1. The highest BCUT2D eigenvalue weighted by atomic mass is 16.3. The average molecular weight is 1100 g/mol. The van der Waals surface area contributed by atoms with Crippen molar-refractivity contribution < 1.29 is 99.8 Å². The molecule has 0 fully saturated rings. The molecule has 0 radical (unpaired) electrons. The van der Waals surface area contributed by atoms with Gasteiger partial charge >= 0.3 is 0 Å². The van der Waals surface area contributed by atoms with E-state index in [0.717, 1.165) is 27.7 Å². The molecule has 6 rings (SSSR count). The lowest BCUT2D eigenvalue weighted by molar-refractivity contribution is -0.438. The molecule has 0 saturated carbocycles. The fourth-order valence-corrected chi connectivity index (χ4v) is 9.70. The fraction of sp³-hybridized carbons (Fsp3) is 0.519. The monoisotopic (exact) mass is 1100 g/mol. The molecule has 0 spiro atoms. The van der Waals surface area contributed by atoms with Crippen molar-refractivity contribution in [2.45, 2.75) is 73.5 Å². The molecule has 0 bridgehead atoms. The van der Waals surface area contributed by atoms with Gasteiger partial charge in [0, 0.05) is 42.7 Å². The number of hydrogen-bond donors (Lipinski definition) is 18. The highest BCUT2D eigenvalue weighted by Crippen LogP contribution is 2.45. The van der Waals surface area contributed by atoms with Crippen molar-refractivity contribution in [1.82, 2.24) is 21.3 Å². The Morgan fingerprint density at radius 2 is 0.756 bits per heavy atom. The van der Waals surface area contributed by atoms with Crippen molar-refractivity contribution in [2.24, 2.45) is 0 Å². The van der Waals surface area contributed by atoms with Crippen LogP contribution in [0, 0.1) is 0 Å². The Balaban J connectivity index is 0.000000288. The zero-order chi connectivity index (χ0) is 58.0. The maximum atomic E-state index is 12.8. The molecule has 0 atom stereocenters. The summed E-state index contributed by atoms with van der Waals surface area (Å²) in [6.07, 6.45) is -0.0288. The molecule has 24 heteroatoms. The number of fused-ring (bicyclic) bond motifs is 6. The minimum atomic E-state index is -1.60. The summed E-state index contributed by atoms with van der Waals surface area (Å²) in [5.41, 5.74) is -2.47.